The maximum absolute atomic E-state index is 13.1. The van der Waals surface area contributed by atoms with Crippen LogP contribution in [0.2, 0.25) is 0 Å². The molecule has 1 saturated carbocycles. The number of benzene rings is 1. The number of para-hydroxylation sites is 1. The van der Waals surface area contributed by atoms with Crippen LogP contribution in [0.15, 0.2) is 30.5 Å². The smallest absolute Gasteiger partial charge is 0.308 e. The summed E-state index contributed by atoms with van der Waals surface area (Å²) in [5, 5.41) is 1.02. The highest BCUT2D eigenvalue weighted by atomic mass is 16.5. The zero-order chi connectivity index (χ0) is 19.5. The average Bonchev–Trinajstić information content (AvgIpc) is 3.12. The number of fused-ring (bicyclic) bond motifs is 1. The first-order valence-electron chi connectivity index (χ1n) is 10.2. The molecule has 0 N–H and O–H groups in total. The SMILES string of the molecule is COC(=O)C1CCC(Cn2cc(C(=O)N3CCOCC3)c3ccccc32)CC1. The highest BCUT2D eigenvalue weighted by Gasteiger charge is 2.28. The number of nitrogens with zero attached hydrogens (tertiary/aromatic N) is 2. The normalized spacial score (nSPS) is 23.0. The molecular weight excluding hydrogens is 356 g/mol. The first-order valence-corrected chi connectivity index (χ1v) is 10.2. The molecular formula is C22H28N2O4. The zero-order valence-electron chi connectivity index (χ0n) is 16.4. The Bertz CT molecular complexity index is 845. The fourth-order valence-corrected chi connectivity index (χ4v) is 4.53. The lowest BCUT2D eigenvalue weighted by molar-refractivity contribution is -0.146. The molecule has 1 saturated heterocycles. The third-order valence-corrected chi connectivity index (χ3v) is 6.15. The van der Waals surface area contributed by atoms with Crippen molar-refractivity contribution in [1.29, 1.82) is 0 Å². The Balaban J connectivity index is 1.52. The lowest BCUT2D eigenvalue weighted by atomic mass is 9.82. The second-order valence-electron chi connectivity index (χ2n) is 7.86. The number of carbonyl (C=O) groups is 2. The summed E-state index contributed by atoms with van der Waals surface area (Å²) >= 11 is 0. The average molecular weight is 384 g/mol. The van der Waals surface area contributed by atoms with Crippen molar-refractivity contribution in [3.8, 4) is 0 Å². The minimum absolute atomic E-state index is 0.0427. The summed E-state index contributed by atoms with van der Waals surface area (Å²) < 4.78 is 12.5. The number of morpholine rings is 1. The first-order chi connectivity index (χ1) is 13.7. The first kappa shape index (κ1) is 19.0. The van der Waals surface area contributed by atoms with Crippen molar-refractivity contribution in [3.63, 3.8) is 0 Å². The van der Waals surface area contributed by atoms with E-state index < -0.39 is 0 Å². The molecule has 1 aromatic carbocycles. The zero-order valence-corrected chi connectivity index (χ0v) is 16.4. The number of aromatic nitrogens is 1. The quantitative estimate of drug-likeness (QED) is 0.760. The van der Waals surface area contributed by atoms with Crippen molar-refractivity contribution in [2.24, 2.45) is 11.8 Å². The summed E-state index contributed by atoms with van der Waals surface area (Å²) in [6.07, 6.45) is 5.82. The van der Waals surface area contributed by atoms with Crippen molar-refractivity contribution in [2.45, 2.75) is 32.2 Å². The van der Waals surface area contributed by atoms with Crippen LogP contribution in [0.5, 0.6) is 0 Å². The second-order valence-corrected chi connectivity index (χ2v) is 7.86. The fourth-order valence-electron chi connectivity index (χ4n) is 4.53. The third-order valence-electron chi connectivity index (χ3n) is 6.15. The van der Waals surface area contributed by atoms with Gasteiger partial charge in [0.15, 0.2) is 0 Å². The molecule has 6 heteroatoms. The summed E-state index contributed by atoms with van der Waals surface area (Å²) in [7, 11) is 1.47. The van der Waals surface area contributed by atoms with Crippen LogP contribution in [-0.4, -0.2) is 54.8 Å². The van der Waals surface area contributed by atoms with Crippen LogP contribution in [0.25, 0.3) is 10.9 Å². The van der Waals surface area contributed by atoms with Crippen molar-refractivity contribution in [1.82, 2.24) is 9.47 Å². The van der Waals surface area contributed by atoms with Crippen LogP contribution in [0.1, 0.15) is 36.0 Å². The highest BCUT2D eigenvalue weighted by molar-refractivity contribution is 6.07. The van der Waals surface area contributed by atoms with Crippen molar-refractivity contribution in [3.05, 3.63) is 36.0 Å². The third kappa shape index (κ3) is 3.78. The summed E-state index contributed by atoms with van der Waals surface area (Å²) in [4.78, 5) is 26.7. The lowest BCUT2D eigenvalue weighted by Crippen LogP contribution is -2.40. The van der Waals surface area contributed by atoms with Crippen LogP contribution in [0, 0.1) is 11.8 Å². The van der Waals surface area contributed by atoms with Crippen molar-refractivity contribution >= 4 is 22.8 Å². The van der Waals surface area contributed by atoms with Crippen LogP contribution in [-0.2, 0) is 20.8 Å². The maximum Gasteiger partial charge on any atom is 0.308 e. The lowest BCUT2D eigenvalue weighted by Gasteiger charge is -2.27. The van der Waals surface area contributed by atoms with Crippen LogP contribution in [0.3, 0.4) is 0 Å². The molecule has 1 aromatic heterocycles. The molecule has 150 valence electrons. The minimum atomic E-state index is -0.0803. The van der Waals surface area contributed by atoms with Crippen molar-refractivity contribution < 1.29 is 19.1 Å². The molecule has 1 amide bonds. The molecule has 1 aliphatic carbocycles. The Morgan fingerprint density at radius 2 is 1.82 bits per heavy atom. The van der Waals surface area contributed by atoms with Crippen molar-refractivity contribution in [2.75, 3.05) is 33.4 Å². The summed E-state index contributed by atoms with van der Waals surface area (Å²) in [6.45, 7) is 3.39. The van der Waals surface area contributed by atoms with E-state index >= 15 is 0 Å². The van der Waals surface area contributed by atoms with E-state index in [0.29, 0.717) is 32.2 Å². The standard InChI is InChI=1S/C22H28N2O4/c1-27-22(26)17-8-6-16(7-9-17)14-24-15-19(18-4-2-3-5-20(18)24)21(25)23-10-12-28-13-11-23/h2-5,15-17H,6-14H2,1H3. The van der Waals surface area contributed by atoms with Crippen LogP contribution < -0.4 is 0 Å². The Hall–Kier alpha value is -2.34. The van der Waals surface area contributed by atoms with Gasteiger partial charge in [0, 0.05) is 36.7 Å². The van der Waals surface area contributed by atoms with Crippen LogP contribution in [0.4, 0.5) is 0 Å². The Kier molecular flexibility index (Phi) is 5.67. The molecule has 0 bridgehead atoms. The Labute approximate surface area is 165 Å². The predicted octanol–water partition coefficient (Wildman–Crippen LogP) is 3.09. The largest absolute Gasteiger partial charge is 0.469 e. The molecule has 28 heavy (non-hydrogen) atoms. The van der Waals surface area contributed by atoms with Gasteiger partial charge in [-0.3, -0.25) is 9.59 Å². The summed E-state index contributed by atoms with van der Waals surface area (Å²) in [5.74, 6) is 0.570. The molecule has 0 unspecified atom stereocenters. The van der Waals surface area contributed by atoms with Gasteiger partial charge in [-0.15, -0.1) is 0 Å². The van der Waals surface area contributed by atoms with Gasteiger partial charge >= 0.3 is 5.97 Å². The van der Waals surface area contributed by atoms with E-state index in [9.17, 15) is 9.59 Å². The maximum atomic E-state index is 13.1. The fraction of sp³-hybridized carbons (Fsp3) is 0.545. The van der Waals surface area contributed by atoms with E-state index in [4.69, 9.17) is 9.47 Å². The number of methoxy groups -OCH3 is 1. The van der Waals surface area contributed by atoms with Gasteiger partial charge in [-0.05, 0) is 37.7 Å². The minimum Gasteiger partial charge on any atom is -0.469 e. The van der Waals surface area contributed by atoms with E-state index in [0.717, 1.165) is 48.7 Å². The Morgan fingerprint density at radius 1 is 1.11 bits per heavy atom. The predicted molar refractivity (Wildman–Crippen MR) is 106 cm³/mol. The molecule has 1 aliphatic heterocycles. The number of hydrogen-bond acceptors (Lipinski definition) is 4. The molecule has 0 radical (unpaired) electrons. The highest BCUT2D eigenvalue weighted by Crippen LogP contribution is 2.32. The number of ether oxygens (including phenoxy) is 2. The molecule has 2 aromatic rings. The van der Waals surface area contributed by atoms with E-state index in [2.05, 4.69) is 10.6 Å². The van der Waals surface area contributed by atoms with Gasteiger partial charge in [-0.1, -0.05) is 18.2 Å². The van der Waals surface area contributed by atoms with Gasteiger partial charge in [0.25, 0.3) is 5.91 Å². The van der Waals surface area contributed by atoms with E-state index in [-0.39, 0.29) is 17.8 Å². The van der Waals surface area contributed by atoms with Crippen LogP contribution >= 0.6 is 0 Å². The van der Waals surface area contributed by atoms with Gasteiger partial charge < -0.3 is 18.9 Å². The van der Waals surface area contributed by atoms with Gasteiger partial charge in [0.05, 0.1) is 31.8 Å². The summed E-state index contributed by atoms with van der Waals surface area (Å²) in [5.41, 5.74) is 1.88. The van der Waals surface area contributed by atoms with Gasteiger partial charge in [-0.2, -0.15) is 0 Å². The molecule has 0 spiro atoms. The summed E-state index contributed by atoms with van der Waals surface area (Å²) in [6, 6.07) is 8.14. The van der Waals surface area contributed by atoms with Gasteiger partial charge in [-0.25, -0.2) is 0 Å². The molecule has 2 fully saturated rings. The number of esters is 1. The molecule has 0 atom stereocenters. The number of carbonyl (C=O) groups excluding carboxylic acids is 2. The Morgan fingerprint density at radius 3 is 2.54 bits per heavy atom. The van der Waals surface area contributed by atoms with Gasteiger partial charge in [0.2, 0.25) is 0 Å². The molecule has 6 nitrogen and oxygen atoms in total. The molecule has 2 heterocycles. The monoisotopic (exact) mass is 384 g/mol. The number of hydrogen-bond donors (Lipinski definition) is 0. The van der Waals surface area contributed by atoms with Gasteiger partial charge in [0.1, 0.15) is 0 Å². The molecule has 2 aliphatic rings. The second kappa shape index (κ2) is 8.35. The van der Waals surface area contributed by atoms with E-state index in [1.54, 1.807) is 0 Å². The molecule has 4 rings (SSSR count). The van der Waals surface area contributed by atoms with E-state index in [1.165, 1.54) is 7.11 Å². The number of amides is 1. The van der Waals surface area contributed by atoms with E-state index in [1.807, 2.05) is 29.3 Å². The topological polar surface area (TPSA) is 60.8 Å². The number of rotatable bonds is 4.